The minimum Gasteiger partial charge on any atom is -0.505 e. The maximum absolute atomic E-state index is 9.41. The van der Waals surface area contributed by atoms with Gasteiger partial charge in [0.2, 0.25) is 0 Å². The molecule has 0 amide bonds. The van der Waals surface area contributed by atoms with Crippen molar-refractivity contribution in [3.63, 3.8) is 0 Å². The summed E-state index contributed by atoms with van der Waals surface area (Å²) >= 11 is 0. The fraction of sp³-hybridized carbons (Fsp3) is 0.143. The van der Waals surface area contributed by atoms with Gasteiger partial charge in [-0.1, -0.05) is 23.8 Å². The van der Waals surface area contributed by atoms with Crippen molar-refractivity contribution in [2.45, 2.75) is 13.8 Å². The topological polar surface area (TPSA) is 56.9 Å². The Morgan fingerprint density at radius 3 is 2.65 bits per heavy atom. The minimum atomic E-state index is -0.0824. The number of hydrogen-bond donors (Lipinski definition) is 1. The van der Waals surface area contributed by atoms with E-state index in [-0.39, 0.29) is 11.3 Å². The molecular weight excluding hydrogens is 212 g/mol. The first-order valence-corrected chi connectivity index (χ1v) is 5.28. The molecule has 1 N–H and O–H groups in total. The van der Waals surface area contributed by atoms with Gasteiger partial charge in [-0.2, -0.15) is 5.26 Å². The van der Waals surface area contributed by atoms with Crippen molar-refractivity contribution in [1.82, 2.24) is 4.98 Å². The number of aromatic nitrogens is 1. The molecule has 0 atom stereocenters. The highest BCUT2D eigenvalue weighted by atomic mass is 16.3. The number of nitriles is 1. The zero-order chi connectivity index (χ0) is 12.4. The van der Waals surface area contributed by atoms with Crippen LogP contribution in [0.5, 0.6) is 5.75 Å². The van der Waals surface area contributed by atoms with Crippen LogP contribution in [0.2, 0.25) is 0 Å². The molecule has 1 aromatic heterocycles. The molecule has 0 bridgehead atoms. The summed E-state index contributed by atoms with van der Waals surface area (Å²) in [5, 5.41) is 18.3. The Balaban J connectivity index is 2.58. The van der Waals surface area contributed by atoms with Crippen molar-refractivity contribution >= 4 is 0 Å². The number of pyridine rings is 1. The van der Waals surface area contributed by atoms with Gasteiger partial charge < -0.3 is 5.11 Å². The fourth-order valence-corrected chi connectivity index (χ4v) is 1.79. The molecule has 0 saturated carbocycles. The molecule has 3 heteroatoms. The minimum absolute atomic E-state index is 0.0824. The van der Waals surface area contributed by atoms with E-state index in [2.05, 4.69) is 11.1 Å². The molecule has 17 heavy (non-hydrogen) atoms. The van der Waals surface area contributed by atoms with E-state index >= 15 is 0 Å². The summed E-state index contributed by atoms with van der Waals surface area (Å²) in [6.07, 6.45) is 1.31. The van der Waals surface area contributed by atoms with Gasteiger partial charge in [-0.3, -0.25) is 4.98 Å². The molecule has 0 fully saturated rings. The fourth-order valence-electron chi connectivity index (χ4n) is 1.79. The zero-order valence-corrected chi connectivity index (χ0v) is 9.73. The van der Waals surface area contributed by atoms with E-state index in [1.165, 1.54) is 11.8 Å². The monoisotopic (exact) mass is 224 g/mol. The Morgan fingerprint density at radius 1 is 1.24 bits per heavy atom. The standard InChI is InChI=1S/C14H12N2O/c1-9-3-4-12(10(2)5-9)13-6-11(7-15)14(17)8-16-13/h3-6,8,17H,1-2H3. The van der Waals surface area contributed by atoms with Crippen LogP contribution in [0.15, 0.2) is 30.5 Å². The average Bonchev–Trinajstić information content (AvgIpc) is 2.30. The Labute approximate surface area is 100.0 Å². The SMILES string of the molecule is Cc1ccc(-c2cc(C#N)c(O)cn2)c(C)c1. The number of aryl methyl sites for hydroxylation is 2. The van der Waals surface area contributed by atoms with Gasteiger partial charge in [0, 0.05) is 5.56 Å². The zero-order valence-electron chi connectivity index (χ0n) is 9.73. The van der Waals surface area contributed by atoms with E-state index in [0.717, 1.165) is 11.1 Å². The first kappa shape index (κ1) is 11.2. The summed E-state index contributed by atoms with van der Waals surface area (Å²) in [6, 6.07) is 9.60. The summed E-state index contributed by atoms with van der Waals surface area (Å²) in [7, 11) is 0. The van der Waals surface area contributed by atoms with Crippen molar-refractivity contribution in [2.75, 3.05) is 0 Å². The highest BCUT2D eigenvalue weighted by Crippen LogP contribution is 2.25. The third kappa shape index (κ3) is 2.11. The van der Waals surface area contributed by atoms with Crippen LogP contribution >= 0.6 is 0 Å². The molecule has 0 saturated heterocycles. The highest BCUT2D eigenvalue weighted by molar-refractivity contribution is 5.66. The molecule has 0 radical (unpaired) electrons. The van der Waals surface area contributed by atoms with Gasteiger partial charge in [0.25, 0.3) is 0 Å². The number of nitrogens with zero attached hydrogens (tertiary/aromatic N) is 2. The normalized spacial score (nSPS) is 9.94. The largest absolute Gasteiger partial charge is 0.505 e. The van der Waals surface area contributed by atoms with E-state index in [1.54, 1.807) is 6.07 Å². The quantitative estimate of drug-likeness (QED) is 0.810. The van der Waals surface area contributed by atoms with Crippen LogP contribution in [0.25, 0.3) is 11.3 Å². The molecular formula is C14H12N2O. The van der Waals surface area contributed by atoms with Gasteiger partial charge in [0.15, 0.2) is 5.75 Å². The van der Waals surface area contributed by atoms with Crippen LogP contribution in [0.3, 0.4) is 0 Å². The maximum atomic E-state index is 9.41. The van der Waals surface area contributed by atoms with Gasteiger partial charge in [0.1, 0.15) is 6.07 Å². The Bertz CT molecular complexity index is 612. The van der Waals surface area contributed by atoms with Crippen LogP contribution in [-0.4, -0.2) is 10.1 Å². The van der Waals surface area contributed by atoms with Crippen LogP contribution in [0.1, 0.15) is 16.7 Å². The third-order valence-electron chi connectivity index (χ3n) is 2.66. The molecule has 1 aromatic carbocycles. The molecule has 0 unspecified atom stereocenters. The second kappa shape index (κ2) is 4.26. The van der Waals surface area contributed by atoms with Crippen LogP contribution < -0.4 is 0 Å². The molecule has 1 heterocycles. The van der Waals surface area contributed by atoms with Gasteiger partial charge in [-0.25, -0.2) is 0 Å². The molecule has 0 aliphatic rings. The Kier molecular flexibility index (Phi) is 2.80. The second-order valence-electron chi connectivity index (χ2n) is 4.02. The van der Waals surface area contributed by atoms with Crippen LogP contribution in [0, 0.1) is 25.2 Å². The lowest BCUT2D eigenvalue weighted by molar-refractivity contribution is 0.471. The summed E-state index contributed by atoms with van der Waals surface area (Å²) in [5.74, 6) is -0.0824. The molecule has 0 spiro atoms. The van der Waals surface area contributed by atoms with Gasteiger partial charge in [-0.05, 0) is 25.5 Å². The Hall–Kier alpha value is -2.34. The van der Waals surface area contributed by atoms with Crippen molar-refractivity contribution in [2.24, 2.45) is 0 Å². The first-order chi connectivity index (χ1) is 8.11. The number of hydrogen-bond acceptors (Lipinski definition) is 3. The maximum Gasteiger partial charge on any atom is 0.151 e. The first-order valence-electron chi connectivity index (χ1n) is 5.28. The molecule has 84 valence electrons. The van der Waals surface area contributed by atoms with Crippen molar-refractivity contribution < 1.29 is 5.11 Å². The van der Waals surface area contributed by atoms with E-state index in [9.17, 15) is 5.11 Å². The smallest absolute Gasteiger partial charge is 0.151 e. The van der Waals surface area contributed by atoms with Gasteiger partial charge in [-0.15, -0.1) is 0 Å². The van der Waals surface area contributed by atoms with Crippen molar-refractivity contribution in [3.8, 4) is 23.1 Å². The third-order valence-corrected chi connectivity index (χ3v) is 2.66. The predicted molar refractivity (Wildman–Crippen MR) is 65.5 cm³/mol. The average molecular weight is 224 g/mol. The van der Waals surface area contributed by atoms with E-state index in [0.29, 0.717) is 5.69 Å². The molecule has 0 aliphatic carbocycles. The van der Waals surface area contributed by atoms with E-state index < -0.39 is 0 Å². The number of benzene rings is 1. The lowest BCUT2D eigenvalue weighted by Gasteiger charge is -2.07. The van der Waals surface area contributed by atoms with Gasteiger partial charge >= 0.3 is 0 Å². The summed E-state index contributed by atoms with van der Waals surface area (Å²) in [5.41, 5.74) is 4.22. The summed E-state index contributed by atoms with van der Waals surface area (Å²) in [4.78, 5) is 4.15. The van der Waals surface area contributed by atoms with Crippen molar-refractivity contribution in [3.05, 3.63) is 47.2 Å². The lowest BCUT2D eigenvalue weighted by Crippen LogP contribution is -1.89. The van der Waals surface area contributed by atoms with Crippen LogP contribution in [-0.2, 0) is 0 Å². The predicted octanol–water partition coefficient (Wildman–Crippen LogP) is 2.94. The summed E-state index contributed by atoms with van der Waals surface area (Å²) < 4.78 is 0. The molecule has 0 aliphatic heterocycles. The highest BCUT2D eigenvalue weighted by Gasteiger charge is 2.07. The van der Waals surface area contributed by atoms with Gasteiger partial charge in [0.05, 0.1) is 17.5 Å². The van der Waals surface area contributed by atoms with Crippen LogP contribution in [0.4, 0.5) is 0 Å². The van der Waals surface area contributed by atoms with Crippen molar-refractivity contribution in [1.29, 1.82) is 5.26 Å². The van der Waals surface area contributed by atoms with E-state index in [4.69, 9.17) is 5.26 Å². The molecule has 2 rings (SSSR count). The molecule has 3 nitrogen and oxygen atoms in total. The number of rotatable bonds is 1. The second-order valence-corrected chi connectivity index (χ2v) is 4.02. The Morgan fingerprint density at radius 2 is 2.00 bits per heavy atom. The lowest BCUT2D eigenvalue weighted by atomic mass is 10.0. The summed E-state index contributed by atoms with van der Waals surface area (Å²) in [6.45, 7) is 4.03. The van der Waals surface area contributed by atoms with E-state index in [1.807, 2.05) is 32.0 Å². The molecule has 2 aromatic rings. The number of aromatic hydroxyl groups is 1.